The molecule has 1 atom stereocenters. The number of carbonyl (C=O) groups excluding carboxylic acids is 1. The van der Waals surface area contributed by atoms with E-state index in [4.69, 9.17) is 16.0 Å². The van der Waals surface area contributed by atoms with Gasteiger partial charge in [0.25, 0.3) is 5.91 Å². The third kappa shape index (κ3) is 2.99. The molecule has 5 nitrogen and oxygen atoms in total. The molecule has 2 rings (SSSR count). The fourth-order valence-corrected chi connectivity index (χ4v) is 2.38. The molecule has 0 radical (unpaired) electrons. The number of aryl methyl sites for hydroxylation is 1. The second kappa shape index (κ2) is 6.23. The van der Waals surface area contributed by atoms with Crippen LogP contribution < -0.4 is 5.32 Å². The molecule has 1 aromatic carbocycles. The highest BCUT2D eigenvalue weighted by atomic mass is 35.5. The van der Waals surface area contributed by atoms with Crippen LogP contribution in [0.3, 0.4) is 0 Å². The van der Waals surface area contributed by atoms with E-state index in [0.717, 1.165) is 0 Å². The number of amides is 1. The Bertz CT molecular complexity index is 692. The number of aliphatic carboxylic acids is 1. The van der Waals surface area contributed by atoms with Crippen molar-refractivity contribution in [3.05, 3.63) is 58.5 Å². The average molecular weight is 322 g/mol. The van der Waals surface area contributed by atoms with E-state index in [0.29, 0.717) is 16.3 Å². The molecule has 1 heterocycles. The number of carboxylic acid groups (broad SMARTS) is 1. The summed E-state index contributed by atoms with van der Waals surface area (Å²) in [5, 5.41) is 12.8. The standard InChI is InChI=1S/C16H16ClNO4/c1-3-16(15(20)21,12-4-6-13(17)7-5-12)18-14(19)11-8-10(2)22-9-11/h4-9H,3H2,1-2H3,(H,18,19)(H,20,21). The van der Waals surface area contributed by atoms with Gasteiger partial charge >= 0.3 is 5.97 Å². The molecule has 1 amide bonds. The predicted molar refractivity (Wildman–Crippen MR) is 82.0 cm³/mol. The Balaban J connectivity index is 2.39. The van der Waals surface area contributed by atoms with Crippen molar-refractivity contribution in [2.75, 3.05) is 0 Å². The molecule has 116 valence electrons. The number of rotatable bonds is 5. The summed E-state index contributed by atoms with van der Waals surface area (Å²) < 4.78 is 5.09. The quantitative estimate of drug-likeness (QED) is 0.885. The van der Waals surface area contributed by atoms with Crippen LogP contribution in [0, 0.1) is 6.92 Å². The lowest BCUT2D eigenvalue weighted by Crippen LogP contribution is -2.51. The van der Waals surface area contributed by atoms with Gasteiger partial charge in [0.2, 0.25) is 0 Å². The van der Waals surface area contributed by atoms with Gasteiger partial charge in [0.1, 0.15) is 12.0 Å². The maximum absolute atomic E-state index is 12.3. The molecule has 0 aliphatic heterocycles. The van der Waals surface area contributed by atoms with Gasteiger partial charge in [-0.2, -0.15) is 0 Å². The van der Waals surface area contributed by atoms with E-state index in [1.807, 2.05) is 0 Å². The first-order valence-corrected chi connectivity index (χ1v) is 7.14. The maximum Gasteiger partial charge on any atom is 0.334 e. The lowest BCUT2D eigenvalue weighted by Gasteiger charge is -2.29. The zero-order chi connectivity index (χ0) is 16.3. The van der Waals surface area contributed by atoms with Gasteiger partial charge in [0, 0.05) is 5.02 Å². The van der Waals surface area contributed by atoms with Crippen LogP contribution in [-0.2, 0) is 10.3 Å². The number of hydrogen-bond donors (Lipinski definition) is 2. The highest BCUT2D eigenvalue weighted by Gasteiger charge is 2.40. The molecule has 0 aliphatic rings. The van der Waals surface area contributed by atoms with Crippen LogP contribution in [-0.4, -0.2) is 17.0 Å². The second-order valence-corrected chi connectivity index (χ2v) is 5.41. The summed E-state index contributed by atoms with van der Waals surface area (Å²) in [7, 11) is 0. The van der Waals surface area contributed by atoms with Gasteiger partial charge in [0.15, 0.2) is 5.54 Å². The van der Waals surface area contributed by atoms with Crippen LogP contribution >= 0.6 is 11.6 Å². The van der Waals surface area contributed by atoms with Crippen molar-refractivity contribution >= 4 is 23.5 Å². The zero-order valence-corrected chi connectivity index (χ0v) is 13.0. The average Bonchev–Trinajstić information content (AvgIpc) is 2.92. The molecular weight excluding hydrogens is 306 g/mol. The van der Waals surface area contributed by atoms with E-state index < -0.39 is 17.4 Å². The van der Waals surface area contributed by atoms with Gasteiger partial charge in [-0.25, -0.2) is 4.79 Å². The van der Waals surface area contributed by atoms with Crippen LogP contribution in [0.5, 0.6) is 0 Å². The SMILES string of the molecule is CCC(NC(=O)c1coc(C)c1)(C(=O)O)c1ccc(Cl)cc1. The molecule has 0 fully saturated rings. The van der Waals surface area contributed by atoms with Crippen molar-refractivity contribution in [2.45, 2.75) is 25.8 Å². The Morgan fingerprint density at radius 1 is 1.32 bits per heavy atom. The maximum atomic E-state index is 12.3. The summed E-state index contributed by atoms with van der Waals surface area (Å²) in [4.78, 5) is 24.2. The molecule has 0 saturated heterocycles. The minimum Gasteiger partial charge on any atom is -0.479 e. The molecule has 2 N–H and O–H groups in total. The number of benzene rings is 1. The topological polar surface area (TPSA) is 79.5 Å². The first-order valence-electron chi connectivity index (χ1n) is 6.76. The number of carbonyl (C=O) groups is 2. The second-order valence-electron chi connectivity index (χ2n) is 4.97. The van der Waals surface area contributed by atoms with Gasteiger partial charge in [-0.15, -0.1) is 0 Å². The van der Waals surface area contributed by atoms with Crippen LogP contribution in [0.25, 0.3) is 0 Å². The minimum atomic E-state index is -1.52. The van der Waals surface area contributed by atoms with Gasteiger partial charge in [0.05, 0.1) is 5.56 Å². The third-order valence-electron chi connectivity index (χ3n) is 3.55. The van der Waals surface area contributed by atoms with E-state index in [2.05, 4.69) is 5.32 Å². The van der Waals surface area contributed by atoms with Gasteiger partial charge in [-0.3, -0.25) is 4.79 Å². The molecule has 22 heavy (non-hydrogen) atoms. The minimum absolute atomic E-state index is 0.187. The zero-order valence-electron chi connectivity index (χ0n) is 12.2. The van der Waals surface area contributed by atoms with Crippen LogP contribution in [0.15, 0.2) is 41.0 Å². The lowest BCUT2D eigenvalue weighted by atomic mass is 9.87. The normalized spacial score (nSPS) is 13.4. The summed E-state index contributed by atoms with van der Waals surface area (Å²) >= 11 is 5.84. The molecule has 0 spiro atoms. The largest absolute Gasteiger partial charge is 0.479 e. The summed E-state index contributed by atoms with van der Waals surface area (Å²) in [6.07, 6.45) is 1.49. The van der Waals surface area contributed by atoms with Crippen molar-refractivity contribution in [1.29, 1.82) is 0 Å². The Labute approximate surface area is 132 Å². The van der Waals surface area contributed by atoms with E-state index in [1.165, 1.54) is 6.26 Å². The van der Waals surface area contributed by atoms with Crippen LogP contribution in [0.2, 0.25) is 5.02 Å². The number of carboxylic acids is 1. The first kappa shape index (κ1) is 16.1. The van der Waals surface area contributed by atoms with Crippen LogP contribution in [0.4, 0.5) is 0 Å². The molecule has 1 aromatic heterocycles. The highest BCUT2D eigenvalue weighted by molar-refractivity contribution is 6.30. The number of nitrogens with one attached hydrogen (secondary N) is 1. The molecule has 2 aromatic rings. The monoisotopic (exact) mass is 321 g/mol. The smallest absolute Gasteiger partial charge is 0.334 e. The Kier molecular flexibility index (Phi) is 4.56. The Morgan fingerprint density at radius 2 is 1.95 bits per heavy atom. The number of halogens is 1. The highest BCUT2D eigenvalue weighted by Crippen LogP contribution is 2.27. The van der Waals surface area contributed by atoms with Gasteiger partial charge < -0.3 is 14.8 Å². The fraction of sp³-hybridized carbons (Fsp3) is 0.250. The van der Waals surface area contributed by atoms with Crippen molar-refractivity contribution in [1.82, 2.24) is 5.32 Å². The lowest BCUT2D eigenvalue weighted by molar-refractivity contribution is -0.145. The van der Waals surface area contributed by atoms with Crippen LogP contribution in [0.1, 0.15) is 35.0 Å². The summed E-state index contributed by atoms with van der Waals surface area (Å²) in [6, 6.07) is 7.94. The predicted octanol–water partition coefficient (Wildman–Crippen LogP) is 3.36. The Hall–Kier alpha value is -2.27. The molecular formula is C16H16ClNO4. The van der Waals surface area contributed by atoms with Crippen molar-refractivity contribution in [3.63, 3.8) is 0 Å². The van der Waals surface area contributed by atoms with Gasteiger partial charge in [-0.1, -0.05) is 30.7 Å². The number of furan rings is 1. The summed E-state index contributed by atoms with van der Waals surface area (Å²) in [6.45, 7) is 3.41. The van der Waals surface area contributed by atoms with E-state index >= 15 is 0 Å². The van der Waals surface area contributed by atoms with Gasteiger partial charge in [-0.05, 0) is 37.1 Å². The van der Waals surface area contributed by atoms with Crippen molar-refractivity contribution in [2.24, 2.45) is 0 Å². The van der Waals surface area contributed by atoms with E-state index in [9.17, 15) is 14.7 Å². The van der Waals surface area contributed by atoms with E-state index in [1.54, 1.807) is 44.2 Å². The molecule has 6 heteroatoms. The molecule has 0 bridgehead atoms. The number of hydrogen-bond acceptors (Lipinski definition) is 3. The van der Waals surface area contributed by atoms with Crippen molar-refractivity contribution in [3.8, 4) is 0 Å². The summed E-state index contributed by atoms with van der Waals surface area (Å²) in [5.74, 6) is -1.06. The summed E-state index contributed by atoms with van der Waals surface area (Å²) in [5.41, 5.74) is -0.779. The third-order valence-corrected chi connectivity index (χ3v) is 3.80. The molecule has 0 aliphatic carbocycles. The molecule has 0 saturated carbocycles. The van der Waals surface area contributed by atoms with Crippen molar-refractivity contribution < 1.29 is 19.1 Å². The first-order chi connectivity index (χ1) is 10.4. The fourth-order valence-electron chi connectivity index (χ4n) is 2.26. The molecule has 1 unspecified atom stereocenters. The van der Waals surface area contributed by atoms with E-state index in [-0.39, 0.29) is 12.0 Å². The Morgan fingerprint density at radius 3 is 2.41 bits per heavy atom.